The normalized spacial score (nSPS) is 11.3. The van der Waals surface area contributed by atoms with E-state index < -0.39 is 4.92 Å². The second-order valence-electron chi connectivity index (χ2n) is 6.27. The van der Waals surface area contributed by atoms with E-state index in [0.29, 0.717) is 29.0 Å². The third-order valence-electron chi connectivity index (χ3n) is 4.32. The van der Waals surface area contributed by atoms with Crippen molar-refractivity contribution in [3.8, 4) is 0 Å². The summed E-state index contributed by atoms with van der Waals surface area (Å²) in [6.45, 7) is 0.353. The second-order valence-corrected chi connectivity index (χ2v) is 7.52. The highest BCUT2D eigenvalue weighted by atomic mass is 127. The van der Waals surface area contributed by atoms with Gasteiger partial charge in [0.1, 0.15) is 16.5 Å². The van der Waals surface area contributed by atoms with Crippen molar-refractivity contribution in [1.29, 1.82) is 0 Å². The first-order valence-corrected chi connectivity index (χ1v) is 9.75. The summed E-state index contributed by atoms with van der Waals surface area (Å²) >= 11 is 2.16. The van der Waals surface area contributed by atoms with Crippen LogP contribution in [-0.2, 0) is 6.54 Å². The maximum atomic E-state index is 13.2. The zero-order valence-electron chi connectivity index (χ0n) is 15.0. The Balaban J connectivity index is 1.82. The molecule has 0 aliphatic heterocycles. The molecule has 0 amide bonds. The smallest absolute Gasteiger partial charge is 0.401 e. The fourth-order valence-corrected chi connectivity index (χ4v) is 3.43. The maximum Gasteiger partial charge on any atom is 0.433 e. The number of fused-ring (bicyclic) bond motifs is 1. The van der Waals surface area contributed by atoms with Gasteiger partial charge in [0.05, 0.1) is 23.5 Å². The van der Waals surface area contributed by atoms with Gasteiger partial charge >= 0.3 is 5.88 Å². The van der Waals surface area contributed by atoms with E-state index in [0.717, 1.165) is 9.13 Å². The molecule has 0 aliphatic rings. The van der Waals surface area contributed by atoms with Crippen LogP contribution in [0.3, 0.4) is 0 Å². The van der Waals surface area contributed by atoms with Crippen molar-refractivity contribution in [3.63, 3.8) is 0 Å². The molecule has 0 saturated carbocycles. The Morgan fingerprint density at radius 3 is 2.62 bits per heavy atom. The van der Waals surface area contributed by atoms with Gasteiger partial charge in [-0.05, 0) is 64.6 Å². The number of halogens is 1. The number of furan rings is 1. The molecule has 2 heterocycles. The van der Waals surface area contributed by atoms with E-state index in [1.54, 1.807) is 22.8 Å². The highest BCUT2D eigenvalue weighted by Gasteiger charge is 2.12. The first kappa shape index (κ1) is 19.1. The molecular weight excluding hydrogens is 485 g/mol. The first-order valence-electron chi connectivity index (χ1n) is 8.67. The standard InChI is InChI=1S/C21H14IN3O4/c22-15-6-9-18-17(12-15)21(26)24(13-14-4-2-1-3-5-14)19(23-18)10-7-16-8-11-20(29-16)25(27)28/h1-12H,13H2/b10-7+. The minimum absolute atomic E-state index is 0.151. The summed E-state index contributed by atoms with van der Waals surface area (Å²) in [7, 11) is 0. The van der Waals surface area contributed by atoms with Gasteiger partial charge in [-0.2, -0.15) is 0 Å². The molecule has 2 aromatic heterocycles. The van der Waals surface area contributed by atoms with Gasteiger partial charge in [0.25, 0.3) is 5.56 Å². The molecule has 7 nitrogen and oxygen atoms in total. The van der Waals surface area contributed by atoms with Crippen LogP contribution in [0.25, 0.3) is 23.1 Å². The van der Waals surface area contributed by atoms with Gasteiger partial charge in [-0.15, -0.1) is 0 Å². The number of aromatic nitrogens is 2. The van der Waals surface area contributed by atoms with E-state index in [2.05, 4.69) is 27.6 Å². The number of benzene rings is 2. The van der Waals surface area contributed by atoms with Crippen LogP contribution < -0.4 is 5.56 Å². The number of nitrogens with zero attached hydrogens (tertiary/aromatic N) is 3. The minimum Gasteiger partial charge on any atom is -0.401 e. The molecule has 8 heteroatoms. The summed E-state index contributed by atoms with van der Waals surface area (Å²) in [5.74, 6) is 0.402. The zero-order chi connectivity index (χ0) is 20.4. The topological polar surface area (TPSA) is 91.2 Å². The van der Waals surface area contributed by atoms with Gasteiger partial charge in [-0.1, -0.05) is 30.3 Å². The molecule has 0 bridgehead atoms. The SMILES string of the molecule is O=c1c2cc(I)ccc2nc(/C=C/c2ccc([N+](=O)[O-])o2)n1Cc1ccccc1. The van der Waals surface area contributed by atoms with E-state index in [9.17, 15) is 14.9 Å². The van der Waals surface area contributed by atoms with Crippen LogP contribution in [0.5, 0.6) is 0 Å². The van der Waals surface area contributed by atoms with Crippen LogP contribution in [0, 0.1) is 13.7 Å². The quantitative estimate of drug-likeness (QED) is 0.225. The second kappa shape index (κ2) is 8.00. The summed E-state index contributed by atoms with van der Waals surface area (Å²) in [6, 6.07) is 17.9. The average Bonchev–Trinajstić information content (AvgIpc) is 3.20. The molecular formula is C21H14IN3O4. The molecule has 0 fully saturated rings. The Bertz CT molecular complexity index is 1290. The summed E-state index contributed by atoms with van der Waals surface area (Å²) < 4.78 is 7.69. The van der Waals surface area contributed by atoms with Crippen molar-refractivity contribution in [1.82, 2.24) is 9.55 Å². The summed E-state index contributed by atoms with van der Waals surface area (Å²) in [4.78, 5) is 28.0. The van der Waals surface area contributed by atoms with Crippen molar-refractivity contribution in [2.75, 3.05) is 0 Å². The Morgan fingerprint density at radius 1 is 1.10 bits per heavy atom. The van der Waals surface area contributed by atoms with Crippen molar-refractivity contribution in [3.05, 3.63) is 102 Å². The molecule has 0 unspecified atom stereocenters. The highest BCUT2D eigenvalue weighted by molar-refractivity contribution is 14.1. The van der Waals surface area contributed by atoms with Crippen LogP contribution in [0.15, 0.2) is 69.9 Å². The zero-order valence-corrected chi connectivity index (χ0v) is 17.1. The van der Waals surface area contributed by atoms with Crippen LogP contribution in [0.4, 0.5) is 5.88 Å². The predicted molar refractivity (Wildman–Crippen MR) is 119 cm³/mol. The van der Waals surface area contributed by atoms with Crippen LogP contribution in [0.2, 0.25) is 0 Å². The maximum absolute atomic E-state index is 13.2. The van der Waals surface area contributed by atoms with Crippen molar-refractivity contribution >= 4 is 51.5 Å². The third-order valence-corrected chi connectivity index (χ3v) is 4.99. The molecule has 0 N–H and O–H groups in total. The lowest BCUT2D eigenvalue weighted by Gasteiger charge is -2.11. The first-order chi connectivity index (χ1) is 14.0. The van der Waals surface area contributed by atoms with Gasteiger partial charge < -0.3 is 4.42 Å². The highest BCUT2D eigenvalue weighted by Crippen LogP contribution is 2.19. The molecule has 0 spiro atoms. The van der Waals surface area contributed by atoms with E-state index >= 15 is 0 Å². The lowest BCUT2D eigenvalue weighted by molar-refractivity contribution is -0.402. The number of rotatable bonds is 5. The summed E-state index contributed by atoms with van der Waals surface area (Å²) in [6.07, 6.45) is 3.19. The molecule has 4 rings (SSSR count). The summed E-state index contributed by atoms with van der Waals surface area (Å²) in [5, 5.41) is 11.3. The van der Waals surface area contributed by atoms with Gasteiger partial charge in [-0.3, -0.25) is 19.5 Å². The Hall–Kier alpha value is -3.27. The predicted octanol–water partition coefficient (Wildman–Crippen LogP) is 4.72. The van der Waals surface area contributed by atoms with Crippen molar-refractivity contribution < 1.29 is 9.34 Å². The molecule has 0 saturated heterocycles. The third kappa shape index (κ3) is 4.11. The lowest BCUT2D eigenvalue weighted by atomic mass is 10.2. The fraction of sp³-hybridized carbons (Fsp3) is 0.0476. The molecule has 0 aliphatic carbocycles. The van der Waals surface area contributed by atoms with Crippen LogP contribution in [-0.4, -0.2) is 14.5 Å². The molecule has 0 radical (unpaired) electrons. The Labute approximate surface area is 178 Å². The largest absolute Gasteiger partial charge is 0.433 e. The average molecular weight is 499 g/mol. The van der Waals surface area contributed by atoms with Gasteiger partial charge in [0.15, 0.2) is 0 Å². The molecule has 29 heavy (non-hydrogen) atoms. The Morgan fingerprint density at radius 2 is 1.90 bits per heavy atom. The van der Waals surface area contributed by atoms with Crippen LogP contribution >= 0.6 is 22.6 Å². The van der Waals surface area contributed by atoms with Crippen molar-refractivity contribution in [2.24, 2.45) is 0 Å². The molecule has 4 aromatic rings. The van der Waals surface area contributed by atoms with E-state index in [1.165, 1.54) is 12.1 Å². The Kier molecular flexibility index (Phi) is 5.26. The van der Waals surface area contributed by atoms with Gasteiger partial charge in [0.2, 0.25) is 0 Å². The number of hydrogen-bond donors (Lipinski definition) is 0. The summed E-state index contributed by atoms with van der Waals surface area (Å²) in [5.41, 5.74) is 1.40. The van der Waals surface area contributed by atoms with Crippen molar-refractivity contribution in [2.45, 2.75) is 6.54 Å². The molecule has 2 aromatic carbocycles. The number of nitro groups is 1. The van der Waals surface area contributed by atoms with Gasteiger partial charge in [0, 0.05) is 3.57 Å². The van der Waals surface area contributed by atoms with E-state index in [-0.39, 0.29) is 11.4 Å². The molecule has 0 atom stereocenters. The van der Waals surface area contributed by atoms with Gasteiger partial charge in [-0.25, -0.2) is 4.98 Å². The van der Waals surface area contributed by atoms with Crippen LogP contribution in [0.1, 0.15) is 17.1 Å². The fourth-order valence-electron chi connectivity index (χ4n) is 2.94. The minimum atomic E-state index is -0.599. The van der Waals surface area contributed by atoms with E-state index in [1.807, 2.05) is 42.5 Å². The van der Waals surface area contributed by atoms with E-state index in [4.69, 9.17) is 4.42 Å². The molecule has 144 valence electrons. The monoisotopic (exact) mass is 499 g/mol. The lowest BCUT2D eigenvalue weighted by Crippen LogP contribution is -2.24. The number of hydrogen-bond acceptors (Lipinski definition) is 5.